The highest BCUT2D eigenvalue weighted by molar-refractivity contribution is 5.85. The first-order chi connectivity index (χ1) is 16.5. The van der Waals surface area contributed by atoms with E-state index in [1.54, 1.807) is 0 Å². The molecule has 1 fully saturated rings. The van der Waals surface area contributed by atoms with E-state index in [0.29, 0.717) is 24.8 Å². The molecule has 36 heavy (non-hydrogen) atoms. The Balaban J connectivity index is 0.00000361. The van der Waals surface area contributed by atoms with Crippen molar-refractivity contribution >= 4 is 18.2 Å². The molecule has 6 nitrogen and oxygen atoms in total. The number of rotatable bonds is 10. The van der Waals surface area contributed by atoms with Gasteiger partial charge >= 0.3 is 0 Å². The predicted octanol–water partition coefficient (Wildman–Crippen LogP) is 7.23. The predicted molar refractivity (Wildman–Crippen MR) is 146 cm³/mol. The van der Waals surface area contributed by atoms with E-state index < -0.39 is 0 Å². The van der Waals surface area contributed by atoms with E-state index in [-0.39, 0.29) is 29.5 Å². The molecule has 1 saturated carbocycles. The van der Waals surface area contributed by atoms with Crippen molar-refractivity contribution in [3.05, 3.63) is 52.5 Å². The lowest BCUT2D eigenvalue weighted by Crippen LogP contribution is -2.17. The second-order valence-electron chi connectivity index (χ2n) is 12.1. The van der Waals surface area contributed by atoms with Gasteiger partial charge in [0.15, 0.2) is 11.5 Å². The van der Waals surface area contributed by atoms with Crippen molar-refractivity contribution in [3.8, 4) is 11.5 Å². The molecule has 0 aliphatic heterocycles. The smallest absolute Gasteiger partial charge is 0.186 e. The molecule has 196 valence electrons. The molecule has 0 N–H and O–H groups in total. The maximum absolute atomic E-state index is 13.2. The summed E-state index contributed by atoms with van der Waals surface area (Å²) in [4.78, 5) is 13.2. The molecule has 3 aromatic rings. The Bertz CT molecular complexity index is 1180. The van der Waals surface area contributed by atoms with Gasteiger partial charge in [0.1, 0.15) is 17.4 Å². The van der Waals surface area contributed by atoms with Crippen LogP contribution in [0.25, 0.3) is 11.5 Å². The summed E-state index contributed by atoms with van der Waals surface area (Å²) < 4.78 is 7.90. The summed E-state index contributed by atoms with van der Waals surface area (Å²) >= 11 is 0. The largest absolute Gasteiger partial charge is 0.361 e. The fourth-order valence-corrected chi connectivity index (χ4v) is 4.93. The van der Waals surface area contributed by atoms with Crippen LogP contribution >= 0.6 is 12.4 Å². The number of benzene rings is 1. The summed E-state index contributed by atoms with van der Waals surface area (Å²) in [7, 11) is 0. The number of nitrogens with zero attached hydrogens (tertiary/aromatic N) is 4. The molecule has 0 spiro atoms. The Labute approximate surface area is 221 Å². The molecule has 0 unspecified atom stereocenters. The van der Waals surface area contributed by atoms with Crippen LogP contribution in [0.4, 0.5) is 0 Å². The Kier molecular flexibility index (Phi) is 8.81. The van der Waals surface area contributed by atoms with Gasteiger partial charge in [-0.25, -0.2) is 0 Å². The number of carbonyl (C=O) groups is 1. The van der Waals surface area contributed by atoms with Crippen LogP contribution in [0.2, 0.25) is 0 Å². The molecule has 2 heterocycles. The second-order valence-corrected chi connectivity index (χ2v) is 12.1. The average molecular weight is 513 g/mol. The number of halogens is 1. The van der Waals surface area contributed by atoms with E-state index in [0.717, 1.165) is 54.3 Å². The van der Waals surface area contributed by atoms with Gasteiger partial charge < -0.3 is 9.09 Å². The molecule has 0 radical (unpaired) electrons. The molecule has 1 atom stereocenters. The van der Waals surface area contributed by atoms with Gasteiger partial charge in [0.2, 0.25) is 0 Å². The number of hydrogen-bond acceptors (Lipinski definition) is 5. The van der Waals surface area contributed by atoms with Crippen LogP contribution in [-0.2, 0) is 17.6 Å². The van der Waals surface area contributed by atoms with Crippen LogP contribution in [0.15, 0.2) is 28.8 Å². The van der Waals surface area contributed by atoms with Crippen LogP contribution in [0.3, 0.4) is 0 Å². The monoisotopic (exact) mass is 512 g/mol. The summed E-state index contributed by atoms with van der Waals surface area (Å²) in [5.41, 5.74) is 4.37. The minimum atomic E-state index is 0. The number of carbonyl (C=O) groups excluding carboxylic acids is 1. The maximum Gasteiger partial charge on any atom is 0.186 e. The minimum absolute atomic E-state index is 0. The summed E-state index contributed by atoms with van der Waals surface area (Å²) in [6.45, 7) is 15.1. The quantitative estimate of drug-likeness (QED) is 0.286. The van der Waals surface area contributed by atoms with E-state index in [9.17, 15) is 4.79 Å². The molecular weight excluding hydrogens is 472 g/mol. The zero-order valence-electron chi connectivity index (χ0n) is 22.8. The number of Topliss-reactive ketones (excluding diaryl/α,β-unsaturated/α-hetero) is 1. The normalized spacial score (nSPS) is 14.7. The fraction of sp³-hybridized carbons (Fsp3) is 0.586. The first-order valence-electron chi connectivity index (χ1n) is 13.0. The molecule has 2 aromatic heterocycles. The van der Waals surface area contributed by atoms with Crippen molar-refractivity contribution in [2.45, 2.75) is 99.0 Å². The van der Waals surface area contributed by atoms with Crippen LogP contribution in [-0.4, -0.2) is 25.7 Å². The lowest BCUT2D eigenvalue weighted by molar-refractivity contribution is -0.118. The number of aromatic nitrogens is 4. The van der Waals surface area contributed by atoms with Crippen molar-refractivity contribution in [3.63, 3.8) is 0 Å². The summed E-state index contributed by atoms with van der Waals surface area (Å²) in [5, 5.41) is 13.6. The fourth-order valence-electron chi connectivity index (χ4n) is 4.93. The standard InChI is InChI=1S/C29H40N4O2.ClH/c1-18(2)12-22(15-24(34)14-21-9-8-19(3)13-20(21)4)27-30-31-28(33(27)23-10-11-23)26-16-25(35-32-26)17-29(5,6)7;/h8-9,13,16,18,22-23H,10-12,14-15,17H2,1-7H3;1H/t22-;/m0./s1. The van der Waals surface area contributed by atoms with Crippen molar-refractivity contribution in [1.29, 1.82) is 0 Å². The van der Waals surface area contributed by atoms with Crippen LogP contribution < -0.4 is 0 Å². The Morgan fingerprint density at radius 3 is 2.47 bits per heavy atom. The Morgan fingerprint density at radius 2 is 1.86 bits per heavy atom. The molecular formula is C29H41ClN4O2. The highest BCUT2D eigenvalue weighted by atomic mass is 35.5. The molecule has 0 saturated heterocycles. The first kappa shape index (κ1) is 28.1. The van der Waals surface area contributed by atoms with Gasteiger partial charge in [0.05, 0.1) is 0 Å². The van der Waals surface area contributed by atoms with Crippen LogP contribution in [0.1, 0.15) is 101 Å². The van der Waals surface area contributed by atoms with Crippen LogP contribution in [0.5, 0.6) is 0 Å². The number of hydrogen-bond donors (Lipinski definition) is 0. The van der Waals surface area contributed by atoms with Crippen molar-refractivity contribution in [2.24, 2.45) is 11.3 Å². The van der Waals surface area contributed by atoms with Gasteiger partial charge in [-0.1, -0.05) is 63.5 Å². The number of aryl methyl sites for hydroxylation is 2. The van der Waals surface area contributed by atoms with E-state index in [1.165, 1.54) is 11.1 Å². The Morgan fingerprint density at radius 1 is 1.14 bits per heavy atom. The van der Waals surface area contributed by atoms with Crippen molar-refractivity contribution in [1.82, 2.24) is 19.9 Å². The highest BCUT2D eigenvalue weighted by Gasteiger charge is 2.34. The molecule has 7 heteroatoms. The maximum atomic E-state index is 13.2. The summed E-state index contributed by atoms with van der Waals surface area (Å²) in [6.07, 6.45) is 4.87. The lowest BCUT2D eigenvalue weighted by atomic mass is 9.89. The number of ketones is 1. The first-order valence-corrected chi connectivity index (χ1v) is 13.0. The minimum Gasteiger partial charge on any atom is -0.361 e. The van der Waals surface area contributed by atoms with Gasteiger partial charge in [-0.15, -0.1) is 22.6 Å². The molecule has 1 aliphatic rings. The van der Waals surface area contributed by atoms with E-state index >= 15 is 0 Å². The van der Waals surface area contributed by atoms with E-state index in [4.69, 9.17) is 4.52 Å². The third-order valence-corrected chi connectivity index (χ3v) is 6.61. The van der Waals surface area contributed by atoms with Crippen LogP contribution in [0, 0.1) is 25.2 Å². The van der Waals surface area contributed by atoms with Gasteiger partial charge in [-0.05, 0) is 55.6 Å². The average Bonchev–Trinajstić information content (AvgIpc) is 3.31. The van der Waals surface area contributed by atoms with E-state index in [2.05, 4.69) is 86.6 Å². The van der Waals surface area contributed by atoms with Gasteiger partial charge in [0.25, 0.3) is 0 Å². The zero-order valence-corrected chi connectivity index (χ0v) is 23.6. The molecule has 4 rings (SSSR count). The zero-order chi connectivity index (χ0) is 25.3. The van der Waals surface area contributed by atoms with Gasteiger partial charge in [-0.2, -0.15) is 0 Å². The van der Waals surface area contributed by atoms with Gasteiger partial charge in [-0.3, -0.25) is 4.79 Å². The SMILES string of the molecule is Cc1ccc(CC(=O)C[C@H](CC(C)C)c2nnc(-c3cc(CC(C)(C)C)on3)n2C2CC2)c(C)c1.Cl. The third kappa shape index (κ3) is 7.06. The second kappa shape index (κ2) is 11.3. The molecule has 0 amide bonds. The summed E-state index contributed by atoms with van der Waals surface area (Å²) in [6, 6.07) is 8.70. The topological polar surface area (TPSA) is 73.8 Å². The molecule has 1 aromatic carbocycles. The molecule has 0 bridgehead atoms. The third-order valence-electron chi connectivity index (χ3n) is 6.61. The van der Waals surface area contributed by atoms with Crippen molar-refractivity contribution < 1.29 is 9.32 Å². The van der Waals surface area contributed by atoms with Gasteiger partial charge in [0, 0.05) is 37.3 Å². The van der Waals surface area contributed by atoms with E-state index in [1.807, 2.05) is 6.07 Å². The Hall–Kier alpha value is -2.47. The molecule has 1 aliphatic carbocycles. The van der Waals surface area contributed by atoms with Crippen molar-refractivity contribution in [2.75, 3.05) is 0 Å². The lowest BCUT2D eigenvalue weighted by Gasteiger charge is -2.20. The highest BCUT2D eigenvalue weighted by Crippen LogP contribution is 2.42. The summed E-state index contributed by atoms with van der Waals surface area (Å²) in [5.74, 6) is 3.29.